The molecule has 0 bridgehead atoms. The Kier molecular flexibility index (Phi) is 2.91. The van der Waals surface area contributed by atoms with Gasteiger partial charge in [-0.1, -0.05) is 17.2 Å². The van der Waals surface area contributed by atoms with Crippen molar-refractivity contribution in [2.24, 2.45) is 7.05 Å². The zero-order valence-electron chi connectivity index (χ0n) is 9.82. The molecule has 2 rings (SSSR count). The molecule has 0 unspecified atom stereocenters. The smallest absolute Gasteiger partial charge is 0.277 e. The van der Waals surface area contributed by atoms with E-state index in [4.69, 9.17) is 5.73 Å². The molecule has 96 valence electrons. The molecule has 0 saturated carbocycles. The lowest BCUT2D eigenvalue weighted by Gasteiger charge is -2.09. The number of nitrogens with zero attached hydrogens (tertiary/aromatic N) is 4. The van der Waals surface area contributed by atoms with Crippen molar-refractivity contribution in [3.8, 4) is 0 Å². The molecule has 0 fully saturated rings. The van der Waals surface area contributed by atoms with Crippen LogP contribution in [0.2, 0.25) is 0 Å². The third-order valence-corrected chi connectivity index (χ3v) is 3.79. The number of hydrogen-bond donors (Lipinski definition) is 2. The Balaban J connectivity index is 2.43. The molecule has 0 spiro atoms. The molecule has 0 aliphatic carbocycles. The van der Waals surface area contributed by atoms with Gasteiger partial charge < -0.3 is 5.73 Å². The fourth-order valence-corrected chi connectivity index (χ4v) is 2.83. The van der Waals surface area contributed by atoms with Gasteiger partial charge in [0.05, 0.1) is 12.7 Å². The molecule has 1 aromatic heterocycles. The molecule has 0 aliphatic rings. The van der Waals surface area contributed by atoms with E-state index < -0.39 is 10.0 Å². The number of aromatic nitrogens is 4. The molecular weight excluding hydrogens is 256 g/mol. The summed E-state index contributed by atoms with van der Waals surface area (Å²) in [6.07, 6.45) is 0. The van der Waals surface area contributed by atoms with Crippen LogP contribution in [0.5, 0.6) is 0 Å². The Bertz CT molecular complexity index is 658. The minimum Gasteiger partial charge on any atom is -0.398 e. The van der Waals surface area contributed by atoms with Crippen LogP contribution in [0.3, 0.4) is 0 Å². The first-order valence-electron chi connectivity index (χ1n) is 5.02. The lowest BCUT2D eigenvalue weighted by Crippen LogP contribution is -2.17. The van der Waals surface area contributed by atoms with E-state index in [2.05, 4.69) is 20.1 Å². The zero-order chi connectivity index (χ0) is 13.3. The maximum Gasteiger partial charge on any atom is 0.277 e. The fourth-order valence-electron chi connectivity index (χ4n) is 1.54. The highest BCUT2D eigenvalue weighted by Gasteiger charge is 2.21. The van der Waals surface area contributed by atoms with Crippen molar-refractivity contribution >= 4 is 21.7 Å². The van der Waals surface area contributed by atoms with Crippen molar-refractivity contribution in [2.45, 2.75) is 11.8 Å². The lowest BCUT2D eigenvalue weighted by atomic mass is 10.2. The van der Waals surface area contributed by atoms with Gasteiger partial charge in [0.25, 0.3) is 16.0 Å². The first kappa shape index (κ1) is 12.3. The summed E-state index contributed by atoms with van der Waals surface area (Å²) in [4.78, 5) is 1.18. The first-order valence-corrected chi connectivity index (χ1v) is 6.50. The molecule has 8 nitrogen and oxygen atoms in total. The predicted octanol–water partition coefficient (Wildman–Crippen LogP) is -0.0985. The van der Waals surface area contributed by atoms with Crippen LogP contribution in [0, 0.1) is 6.92 Å². The van der Waals surface area contributed by atoms with E-state index in [1.165, 1.54) is 13.1 Å². The number of rotatable bonds is 3. The lowest BCUT2D eigenvalue weighted by molar-refractivity contribution is 0.600. The van der Waals surface area contributed by atoms with E-state index in [0.29, 0.717) is 5.56 Å². The molecule has 0 saturated heterocycles. The van der Waals surface area contributed by atoms with Gasteiger partial charge in [0.1, 0.15) is 4.90 Å². The van der Waals surface area contributed by atoms with Crippen LogP contribution in [0.4, 0.5) is 11.6 Å². The van der Waals surface area contributed by atoms with Gasteiger partial charge in [0, 0.05) is 0 Å². The molecule has 0 amide bonds. The van der Waals surface area contributed by atoms with Crippen molar-refractivity contribution in [1.82, 2.24) is 20.2 Å². The number of hydrogen-bond acceptors (Lipinski definition) is 6. The van der Waals surface area contributed by atoms with Gasteiger partial charge in [0.15, 0.2) is 0 Å². The monoisotopic (exact) mass is 268 g/mol. The topological polar surface area (TPSA) is 116 Å². The molecule has 1 aromatic carbocycles. The molecule has 2 aromatic rings. The number of nitrogen functional groups attached to an aromatic ring is 1. The summed E-state index contributed by atoms with van der Waals surface area (Å²) in [5, 5.41) is 10.8. The summed E-state index contributed by atoms with van der Waals surface area (Å²) in [6, 6.07) is 4.87. The molecule has 0 atom stereocenters. The van der Waals surface area contributed by atoms with Crippen LogP contribution in [0.15, 0.2) is 23.1 Å². The summed E-state index contributed by atoms with van der Waals surface area (Å²) in [6.45, 7) is 1.66. The number of anilines is 2. The van der Waals surface area contributed by atoms with Crippen LogP contribution < -0.4 is 10.5 Å². The average Bonchev–Trinajstić information content (AvgIpc) is 2.62. The van der Waals surface area contributed by atoms with Crippen molar-refractivity contribution < 1.29 is 8.42 Å². The van der Waals surface area contributed by atoms with E-state index >= 15 is 0 Å². The second-order valence-corrected chi connectivity index (χ2v) is 5.32. The van der Waals surface area contributed by atoms with Gasteiger partial charge in [-0.2, -0.15) is 4.80 Å². The summed E-state index contributed by atoms with van der Waals surface area (Å²) < 4.78 is 26.5. The van der Waals surface area contributed by atoms with E-state index in [-0.39, 0.29) is 16.5 Å². The average molecular weight is 268 g/mol. The van der Waals surface area contributed by atoms with Gasteiger partial charge in [0.2, 0.25) is 0 Å². The van der Waals surface area contributed by atoms with E-state index in [9.17, 15) is 8.42 Å². The second-order valence-electron chi connectivity index (χ2n) is 3.70. The number of nitrogens with one attached hydrogen (secondary N) is 1. The molecule has 1 heterocycles. The van der Waals surface area contributed by atoms with Crippen LogP contribution in [-0.2, 0) is 17.1 Å². The Morgan fingerprint density at radius 2 is 2.11 bits per heavy atom. The van der Waals surface area contributed by atoms with Gasteiger partial charge in [-0.25, -0.2) is 13.1 Å². The maximum absolute atomic E-state index is 12.1. The highest BCUT2D eigenvalue weighted by atomic mass is 32.2. The first-order chi connectivity index (χ1) is 8.40. The van der Waals surface area contributed by atoms with Gasteiger partial charge >= 0.3 is 0 Å². The molecular formula is C9H12N6O2S. The SMILES string of the molecule is Cc1cccc(N)c1S(=O)(=O)Nc1nnn(C)n1. The Hall–Kier alpha value is -2.16. The van der Waals surface area contributed by atoms with Crippen LogP contribution in [0.1, 0.15) is 5.56 Å². The van der Waals surface area contributed by atoms with Gasteiger partial charge in [-0.15, -0.1) is 5.10 Å². The van der Waals surface area contributed by atoms with Crippen LogP contribution in [0.25, 0.3) is 0 Å². The van der Waals surface area contributed by atoms with E-state index in [0.717, 1.165) is 4.80 Å². The fraction of sp³-hybridized carbons (Fsp3) is 0.222. The van der Waals surface area contributed by atoms with Crippen LogP contribution >= 0.6 is 0 Å². The molecule has 9 heteroatoms. The van der Waals surface area contributed by atoms with Crippen LogP contribution in [-0.4, -0.2) is 28.6 Å². The van der Waals surface area contributed by atoms with Gasteiger partial charge in [-0.05, 0) is 23.8 Å². The van der Waals surface area contributed by atoms with E-state index in [1.807, 2.05) is 0 Å². The van der Waals surface area contributed by atoms with Crippen molar-refractivity contribution in [2.75, 3.05) is 10.5 Å². The largest absolute Gasteiger partial charge is 0.398 e. The number of sulfonamides is 1. The minimum absolute atomic E-state index is 0.0254. The molecule has 0 radical (unpaired) electrons. The normalized spacial score (nSPS) is 11.4. The maximum atomic E-state index is 12.1. The minimum atomic E-state index is -3.81. The third kappa shape index (κ3) is 2.25. The standard InChI is InChI=1S/C9H12N6O2S/c1-6-4-3-5-7(10)8(6)18(16,17)13-9-11-14-15(2)12-9/h3-5H,10H2,1-2H3,(H,12,13). The van der Waals surface area contributed by atoms with E-state index in [1.54, 1.807) is 19.1 Å². The molecule has 18 heavy (non-hydrogen) atoms. The number of nitrogens with two attached hydrogens (primary N) is 1. The number of aryl methyl sites for hydroxylation is 2. The number of tetrazole rings is 1. The Morgan fingerprint density at radius 1 is 1.39 bits per heavy atom. The van der Waals surface area contributed by atoms with Gasteiger partial charge in [-0.3, -0.25) is 0 Å². The highest BCUT2D eigenvalue weighted by molar-refractivity contribution is 7.93. The molecule has 0 aliphatic heterocycles. The highest BCUT2D eigenvalue weighted by Crippen LogP contribution is 2.23. The molecule has 3 N–H and O–H groups in total. The summed E-state index contributed by atoms with van der Waals surface area (Å²) >= 11 is 0. The summed E-state index contributed by atoms with van der Waals surface area (Å²) in [5.74, 6) is -0.0971. The third-order valence-electron chi connectivity index (χ3n) is 2.25. The van der Waals surface area contributed by atoms with Crippen molar-refractivity contribution in [1.29, 1.82) is 0 Å². The summed E-state index contributed by atoms with van der Waals surface area (Å²) in [5.41, 5.74) is 6.41. The zero-order valence-corrected chi connectivity index (χ0v) is 10.6. The quantitative estimate of drug-likeness (QED) is 0.751. The number of benzene rings is 1. The summed E-state index contributed by atoms with van der Waals surface area (Å²) in [7, 11) is -2.28. The van der Waals surface area contributed by atoms with Crippen molar-refractivity contribution in [3.63, 3.8) is 0 Å². The Labute approximate surface area is 104 Å². The Morgan fingerprint density at radius 3 is 2.67 bits per heavy atom. The predicted molar refractivity (Wildman–Crippen MR) is 65.2 cm³/mol. The van der Waals surface area contributed by atoms with Crippen molar-refractivity contribution in [3.05, 3.63) is 23.8 Å². The second kappa shape index (κ2) is 4.26.